The Bertz CT molecular complexity index is 789. The molecular formula is C22H25NO5. The van der Waals surface area contributed by atoms with Crippen LogP contribution in [0.5, 0.6) is 0 Å². The van der Waals surface area contributed by atoms with Gasteiger partial charge in [-0.15, -0.1) is 0 Å². The standard InChI is InChI=1S/C22H25NO5/c1-12(2)19(22(27)28-11-16(24)13-6-4-3-5-7-13)23-20(25)17-14-8-9-15(10-14)18(17)21(23)26/h3-7,12,14-15,17-19H,8-11H2,1-2H3. The molecule has 0 radical (unpaired) electrons. The summed E-state index contributed by atoms with van der Waals surface area (Å²) in [6.45, 7) is 3.17. The molecule has 2 bridgehead atoms. The van der Waals surface area contributed by atoms with Crippen LogP contribution in [0.1, 0.15) is 43.5 Å². The minimum atomic E-state index is -0.978. The Kier molecular flexibility index (Phi) is 4.81. The smallest absolute Gasteiger partial charge is 0.330 e. The van der Waals surface area contributed by atoms with E-state index in [4.69, 9.17) is 4.74 Å². The van der Waals surface area contributed by atoms with Crippen molar-refractivity contribution in [1.29, 1.82) is 0 Å². The number of nitrogens with zero attached hydrogens (tertiary/aromatic N) is 1. The van der Waals surface area contributed by atoms with Crippen molar-refractivity contribution < 1.29 is 23.9 Å². The van der Waals surface area contributed by atoms with Crippen LogP contribution in [0.2, 0.25) is 0 Å². The Morgan fingerprint density at radius 3 is 2.14 bits per heavy atom. The molecule has 1 aromatic rings. The van der Waals surface area contributed by atoms with Gasteiger partial charge in [0.2, 0.25) is 11.8 Å². The fourth-order valence-corrected chi connectivity index (χ4v) is 5.31. The van der Waals surface area contributed by atoms with Crippen molar-refractivity contribution in [2.24, 2.45) is 29.6 Å². The summed E-state index contributed by atoms with van der Waals surface area (Å²) in [4.78, 5) is 52.2. The first-order valence-electron chi connectivity index (χ1n) is 10.0. The molecule has 2 amide bonds. The van der Waals surface area contributed by atoms with E-state index in [-0.39, 0.29) is 47.2 Å². The first kappa shape index (κ1) is 18.8. The molecule has 1 saturated heterocycles. The third-order valence-corrected chi connectivity index (χ3v) is 6.55. The van der Waals surface area contributed by atoms with Crippen molar-refractivity contribution >= 4 is 23.6 Å². The average Bonchev–Trinajstić information content (AvgIpc) is 3.36. The van der Waals surface area contributed by atoms with Crippen LogP contribution < -0.4 is 0 Å². The second-order valence-electron chi connectivity index (χ2n) is 8.52. The number of Topliss-reactive ketones (excluding diaryl/α,β-unsaturated/α-hetero) is 1. The quantitative estimate of drug-likeness (QED) is 0.428. The first-order chi connectivity index (χ1) is 13.4. The number of rotatable bonds is 6. The molecule has 0 aromatic heterocycles. The Balaban J connectivity index is 1.48. The Morgan fingerprint density at radius 2 is 1.61 bits per heavy atom. The minimum absolute atomic E-state index is 0.229. The van der Waals surface area contributed by atoms with Gasteiger partial charge in [0, 0.05) is 5.56 Å². The SMILES string of the molecule is CC(C)C(C(=O)OCC(=O)c1ccccc1)N1C(=O)C2C3CCC(C3)C2C1=O. The number of carbonyl (C=O) groups is 4. The number of likely N-dealkylation sites (tertiary alicyclic amines) is 1. The molecule has 4 rings (SSSR count). The summed E-state index contributed by atoms with van der Waals surface area (Å²) < 4.78 is 5.25. The van der Waals surface area contributed by atoms with E-state index in [0.717, 1.165) is 24.2 Å². The maximum Gasteiger partial charge on any atom is 0.330 e. The number of fused-ring (bicyclic) bond motifs is 5. The van der Waals surface area contributed by atoms with Crippen LogP contribution in [-0.4, -0.2) is 41.1 Å². The molecule has 5 unspecified atom stereocenters. The molecule has 3 aliphatic rings. The highest BCUT2D eigenvalue weighted by Gasteiger charge is 2.62. The molecule has 1 aromatic carbocycles. The number of amides is 2. The predicted molar refractivity (Wildman–Crippen MR) is 100 cm³/mol. The highest BCUT2D eigenvalue weighted by atomic mass is 16.5. The van der Waals surface area contributed by atoms with Gasteiger partial charge in [-0.3, -0.25) is 19.3 Å². The van der Waals surface area contributed by atoms with Crippen LogP contribution in [0, 0.1) is 29.6 Å². The van der Waals surface area contributed by atoms with Crippen LogP contribution >= 0.6 is 0 Å². The average molecular weight is 383 g/mol. The Labute approximate surface area is 164 Å². The van der Waals surface area contributed by atoms with Crippen LogP contribution in [0.4, 0.5) is 0 Å². The highest BCUT2D eigenvalue weighted by Crippen LogP contribution is 2.56. The lowest BCUT2D eigenvalue weighted by Gasteiger charge is -2.28. The summed E-state index contributed by atoms with van der Waals surface area (Å²) in [5.41, 5.74) is 0.454. The number of ketones is 1. The number of carbonyl (C=O) groups excluding carboxylic acids is 4. The van der Waals surface area contributed by atoms with Crippen LogP contribution in [0.3, 0.4) is 0 Å². The van der Waals surface area contributed by atoms with E-state index in [1.54, 1.807) is 44.2 Å². The summed E-state index contributed by atoms with van der Waals surface area (Å²) >= 11 is 0. The molecule has 0 spiro atoms. The Hall–Kier alpha value is -2.50. The van der Waals surface area contributed by atoms with Gasteiger partial charge in [0.25, 0.3) is 0 Å². The third kappa shape index (κ3) is 2.95. The van der Waals surface area contributed by atoms with E-state index in [9.17, 15) is 19.2 Å². The second-order valence-corrected chi connectivity index (χ2v) is 8.52. The lowest BCUT2D eigenvalue weighted by molar-refractivity contribution is -0.160. The fraction of sp³-hybridized carbons (Fsp3) is 0.545. The molecule has 28 heavy (non-hydrogen) atoms. The molecule has 2 aliphatic carbocycles. The number of ether oxygens (including phenoxy) is 1. The summed E-state index contributed by atoms with van der Waals surface area (Å²) in [5.74, 6) is -1.76. The zero-order chi connectivity index (χ0) is 20.0. The predicted octanol–water partition coefficient (Wildman–Crippen LogP) is 2.47. The molecule has 6 nitrogen and oxygen atoms in total. The Morgan fingerprint density at radius 1 is 1.04 bits per heavy atom. The number of hydrogen-bond donors (Lipinski definition) is 0. The zero-order valence-corrected chi connectivity index (χ0v) is 16.2. The van der Waals surface area contributed by atoms with Crippen molar-refractivity contribution in [2.45, 2.75) is 39.2 Å². The van der Waals surface area contributed by atoms with E-state index < -0.39 is 18.6 Å². The number of esters is 1. The van der Waals surface area contributed by atoms with Gasteiger partial charge in [-0.05, 0) is 37.0 Å². The molecule has 1 aliphatic heterocycles. The topological polar surface area (TPSA) is 80.8 Å². The third-order valence-electron chi connectivity index (χ3n) is 6.55. The van der Waals surface area contributed by atoms with Crippen molar-refractivity contribution in [2.75, 3.05) is 6.61 Å². The van der Waals surface area contributed by atoms with E-state index >= 15 is 0 Å². The van der Waals surface area contributed by atoms with Gasteiger partial charge in [0.1, 0.15) is 6.04 Å². The molecule has 148 valence electrons. The highest BCUT2D eigenvalue weighted by molar-refractivity contribution is 6.09. The minimum Gasteiger partial charge on any atom is -0.456 e. The van der Waals surface area contributed by atoms with E-state index in [2.05, 4.69) is 0 Å². The van der Waals surface area contributed by atoms with Crippen LogP contribution in [-0.2, 0) is 19.1 Å². The van der Waals surface area contributed by atoms with Crippen molar-refractivity contribution in [3.8, 4) is 0 Å². The number of hydrogen-bond acceptors (Lipinski definition) is 5. The van der Waals surface area contributed by atoms with Crippen molar-refractivity contribution in [1.82, 2.24) is 4.90 Å². The number of benzene rings is 1. The molecule has 1 heterocycles. The first-order valence-corrected chi connectivity index (χ1v) is 10.0. The van der Waals surface area contributed by atoms with Gasteiger partial charge < -0.3 is 4.74 Å². The molecule has 5 atom stereocenters. The lowest BCUT2D eigenvalue weighted by atomic mass is 9.81. The van der Waals surface area contributed by atoms with E-state index in [1.165, 1.54) is 0 Å². The van der Waals surface area contributed by atoms with Gasteiger partial charge in [-0.25, -0.2) is 4.79 Å². The van der Waals surface area contributed by atoms with Gasteiger partial charge in [-0.1, -0.05) is 44.2 Å². The van der Waals surface area contributed by atoms with E-state index in [1.807, 2.05) is 0 Å². The van der Waals surface area contributed by atoms with Crippen LogP contribution in [0.15, 0.2) is 30.3 Å². The molecule has 0 N–H and O–H groups in total. The lowest BCUT2D eigenvalue weighted by Crippen LogP contribution is -2.50. The monoisotopic (exact) mass is 383 g/mol. The summed E-state index contributed by atoms with van der Waals surface area (Å²) in [6.07, 6.45) is 2.92. The van der Waals surface area contributed by atoms with Gasteiger partial charge >= 0.3 is 5.97 Å². The molecule has 6 heteroatoms. The van der Waals surface area contributed by atoms with Crippen LogP contribution in [0.25, 0.3) is 0 Å². The van der Waals surface area contributed by atoms with Crippen molar-refractivity contribution in [3.63, 3.8) is 0 Å². The van der Waals surface area contributed by atoms with Gasteiger partial charge in [0.05, 0.1) is 11.8 Å². The molecule has 3 fully saturated rings. The van der Waals surface area contributed by atoms with Crippen molar-refractivity contribution in [3.05, 3.63) is 35.9 Å². The second kappa shape index (κ2) is 7.15. The summed E-state index contributed by atoms with van der Waals surface area (Å²) in [7, 11) is 0. The largest absolute Gasteiger partial charge is 0.456 e. The number of imide groups is 1. The maximum atomic E-state index is 13.0. The fourth-order valence-electron chi connectivity index (χ4n) is 5.31. The van der Waals surface area contributed by atoms with E-state index in [0.29, 0.717) is 5.56 Å². The summed E-state index contributed by atoms with van der Waals surface area (Å²) in [6, 6.07) is 7.60. The molecular weight excluding hydrogens is 358 g/mol. The van der Waals surface area contributed by atoms with Gasteiger partial charge in [0.15, 0.2) is 12.4 Å². The van der Waals surface area contributed by atoms with Gasteiger partial charge in [-0.2, -0.15) is 0 Å². The summed E-state index contributed by atoms with van der Waals surface area (Å²) in [5, 5.41) is 0. The molecule has 2 saturated carbocycles. The maximum absolute atomic E-state index is 13.0. The normalized spacial score (nSPS) is 29.3. The zero-order valence-electron chi connectivity index (χ0n) is 16.2.